The van der Waals surface area contributed by atoms with Crippen LogP contribution in [0, 0.1) is 0 Å². The molecule has 0 amide bonds. The molecule has 2 aliphatic heterocycles. The lowest BCUT2D eigenvalue weighted by Gasteiger charge is -2.30. The van der Waals surface area contributed by atoms with Crippen LogP contribution in [0.1, 0.15) is 30.9 Å². The summed E-state index contributed by atoms with van der Waals surface area (Å²) in [4.78, 5) is 0. The van der Waals surface area contributed by atoms with E-state index in [2.05, 4.69) is 5.32 Å². The van der Waals surface area contributed by atoms with E-state index in [1.807, 2.05) is 0 Å². The summed E-state index contributed by atoms with van der Waals surface area (Å²) < 4.78 is 50.6. The normalized spacial score (nSPS) is 25.8. The maximum Gasteiger partial charge on any atom is 0.416 e. The van der Waals surface area contributed by atoms with Gasteiger partial charge in [-0.15, -0.1) is 0 Å². The molecular formula is C14H16F3NO2. The first-order valence-electron chi connectivity index (χ1n) is 6.66. The van der Waals surface area contributed by atoms with Gasteiger partial charge < -0.3 is 14.8 Å². The van der Waals surface area contributed by atoms with E-state index in [4.69, 9.17) is 9.47 Å². The Kier molecular flexibility index (Phi) is 3.08. The highest BCUT2D eigenvalue weighted by Crippen LogP contribution is 2.45. The SMILES string of the molecule is CC1(c2cc3c(cc2C(F)(F)F)OCCO3)CCCN1. The van der Waals surface area contributed by atoms with E-state index in [0.717, 1.165) is 19.0 Å². The van der Waals surface area contributed by atoms with Gasteiger partial charge in [0.15, 0.2) is 11.5 Å². The predicted octanol–water partition coefficient (Wildman–Crippen LogP) is 3.08. The molecule has 3 rings (SSSR count). The molecule has 1 atom stereocenters. The Morgan fingerprint density at radius 3 is 2.35 bits per heavy atom. The summed E-state index contributed by atoms with van der Waals surface area (Å²) in [5, 5.41) is 3.17. The number of halogens is 3. The second-order valence-corrected chi connectivity index (χ2v) is 5.40. The third-order valence-electron chi connectivity index (χ3n) is 3.95. The first-order chi connectivity index (χ1) is 9.40. The second-order valence-electron chi connectivity index (χ2n) is 5.40. The minimum Gasteiger partial charge on any atom is -0.486 e. The largest absolute Gasteiger partial charge is 0.486 e. The van der Waals surface area contributed by atoms with E-state index < -0.39 is 17.3 Å². The number of alkyl halides is 3. The van der Waals surface area contributed by atoms with Crippen molar-refractivity contribution in [1.82, 2.24) is 5.32 Å². The minimum absolute atomic E-state index is 0.175. The molecule has 1 saturated heterocycles. The lowest BCUT2D eigenvalue weighted by molar-refractivity contribution is -0.139. The van der Waals surface area contributed by atoms with Crippen LogP contribution >= 0.6 is 0 Å². The minimum atomic E-state index is -4.40. The fraction of sp³-hybridized carbons (Fsp3) is 0.571. The van der Waals surface area contributed by atoms with Gasteiger partial charge in [-0.2, -0.15) is 13.2 Å². The molecular weight excluding hydrogens is 271 g/mol. The van der Waals surface area contributed by atoms with E-state index in [9.17, 15) is 13.2 Å². The highest BCUT2D eigenvalue weighted by atomic mass is 19.4. The first kappa shape index (κ1) is 13.5. The first-order valence-corrected chi connectivity index (χ1v) is 6.66. The maximum atomic E-state index is 13.3. The zero-order chi connectivity index (χ0) is 14.4. The van der Waals surface area contributed by atoms with Crippen LogP contribution in [0.15, 0.2) is 12.1 Å². The zero-order valence-electron chi connectivity index (χ0n) is 11.1. The van der Waals surface area contributed by atoms with E-state index in [0.29, 0.717) is 18.8 Å². The predicted molar refractivity (Wildman–Crippen MR) is 67.0 cm³/mol. The van der Waals surface area contributed by atoms with Gasteiger partial charge in [-0.3, -0.25) is 0 Å². The molecule has 0 spiro atoms. The number of benzene rings is 1. The molecule has 2 aliphatic rings. The maximum absolute atomic E-state index is 13.3. The molecule has 0 radical (unpaired) electrons. The second kappa shape index (κ2) is 4.55. The fourth-order valence-electron chi connectivity index (χ4n) is 2.90. The molecule has 0 saturated carbocycles. The number of hydrogen-bond acceptors (Lipinski definition) is 3. The average molecular weight is 287 g/mol. The van der Waals surface area contributed by atoms with Crippen LogP contribution < -0.4 is 14.8 Å². The van der Waals surface area contributed by atoms with Gasteiger partial charge in [0, 0.05) is 5.54 Å². The average Bonchev–Trinajstić information content (AvgIpc) is 2.84. The summed E-state index contributed by atoms with van der Waals surface area (Å²) in [5.74, 6) is 0.572. The molecule has 110 valence electrons. The quantitative estimate of drug-likeness (QED) is 0.861. The van der Waals surface area contributed by atoms with Crippen LogP contribution in [0.4, 0.5) is 13.2 Å². The van der Waals surface area contributed by atoms with Crippen LogP contribution in [0.5, 0.6) is 11.5 Å². The molecule has 6 heteroatoms. The number of fused-ring (bicyclic) bond motifs is 1. The molecule has 1 fully saturated rings. The molecule has 1 unspecified atom stereocenters. The lowest BCUT2D eigenvalue weighted by Crippen LogP contribution is -2.35. The summed E-state index contributed by atoms with van der Waals surface area (Å²) in [6.07, 6.45) is -2.86. The van der Waals surface area contributed by atoms with E-state index in [1.54, 1.807) is 6.92 Å². The van der Waals surface area contributed by atoms with Crippen molar-refractivity contribution in [3.8, 4) is 11.5 Å². The molecule has 1 N–H and O–H groups in total. The monoisotopic (exact) mass is 287 g/mol. The van der Waals surface area contributed by atoms with Crippen molar-refractivity contribution < 1.29 is 22.6 Å². The molecule has 0 aliphatic carbocycles. The van der Waals surface area contributed by atoms with Crippen molar-refractivity contribution >= 4 is 0 Å². The third-order valence-corrected chi connectivity index (χ3v) is 3.95. The Bertz CT molecular complexity index is 522. The zero-order valence-corrected chi connectivity index (χ0v) is 11.1. The molecule has 1 aromatic rings. The van der Waals surface area contributed by atoms with Crippen molar-refractivity contribution in [2.24, 2.45) is 0 Å². The van der Waals surface area contributed by atoms with Crippen LogP contribution in [0.25, 0.3) is 0 Å². The Morgan fingerprint density at radius 1 is 1.15 bits per heavy atom. The van der Waals surface area contributed by atoms with Gasteiger partial charge in [-0.25, -0.2) is 0 Å². The molecule has 2 heterocycles. The molecule has 0 aromatic heterocycles. The summed E-state index contributed by atoms with van der Waals surface area (Å²) >= 11 is 0. The Morgan fingerprint density at radius 2 is 1.80 bits per heavy atom. The Labute approximate surface area is 115 Å². The lowest BCUT2D eigenvalue weighted by atomic mass is 9.86. The molecule has 0 bridgehead atoms. The number of hydrogen-bond donors (Lipinski definition) is 1. The van der Waals surface area contributed by atoms with Gasteiger partial charge in [0.1, 0.15) is 13.2 Å². The number of ether oxygens (including phenoxy) is 2. The van der Waals surface area contributed by atoms with Crippen molar-refractivity contribution in [2.75, 3.05) is 19.8 Å². The summed E-state index contributed by atoms with van der Waals surface area (Å²) in [7, 11) is 0. The number of nitrogens with one attached hydrogen (secondary N) is 1. The summed E-state index contributed by atoms with van der Waals surface area (Å²) in [5.41, 5.74) is -1.06. The summed E-state index contributed by atoms with van der Waals surface area (Å²) in [6.45, 7) is 3.17. The van der Waals surface area contributed by atoms with E-state index >= 15 is 0 Å². The highest BCUT2D eigenvalue weighted by molar-refractivity contribution is 5.51. The van der Waals surface area contributed by atoms with Gasteiger partial charge in [0.05, 0.1) is 5.56 Å². The van der Waals surface area contributed by atoms with Crippen LogP contribution in [-0.4, -0.2) is 19.8 Å². The third kappa shape index (κ3) is 2.22. The van der Waals surface area contributed by atoms with Crippen molar-refractivity contribution in [2.45, 2.75) is 31.5 Å². The highest BCUT2D eigenvalue weighted by Gasteiger charge is 2.42. The summed E-state index contributed by atoms with van der Waals surface area (Å²) in [6, 6.07) is 2.55. The number of rotatable bonds is 1. The topological polar surface area (TPSA) is 30.5 Å². The molecule has 1 aromatic carbocycles. The van der Waals surface area contributed by atoms with Crippen LogP contribution in [0.2, 0.25) is 0 Å². The van der Waals surface area contributed by atoms with Gasteiger partial charge in [0.2, 0.25) is 0 Å². The van der Waals surface area contributed by atoms with Crippen molar-refractivity contribution in [3.05, 3.63) is 23.3 Å². The smallest absolute Gasteiger partial charge is 0.416 e. The van der Waals surface area contributed by atoms with Crippen molar-refractivity contribution in [3.63, 3.8) is 0 Å². The Balaban J connectivity index is 2.15. The van der Waals surface area contributed by atoms with E-state index in [1.165, 1.54) is 6.07 Å². The fourth-order valence-corrected chi connectivity index (χ4v) is 2.90. The van der Waals surface area contributed by atoms with Gasteiger partial charge in [-0.1, -0.05) is 0 Å². The van der Waals surface area contributed by atoms with Crippen LogP contribution in [0.3, 0.4) is 0 Å². The molecule has 3 nitrogen and oxygen atoms in total. The van der Waals surface area contributed by atoms with Gasteiger partial charge in [-0.05, 0) is 44.0 Å². The van der Waals surface area contributed by atoms with Gasteiger partial charge in [0.25, 0.3) is 0 Å². The van der Waals surface area contributed by atoms with Gasteiger partial charge >= 0.3 is 6.18 Å². The Hall–Kier alpha value is -1.43. The molecule has 20 heavy (non-hydrogen) atoms. The van der Waals surface area contributed by atoms with Crippen LogP contribution in [-0.2, 0) is 11.7 Å². The van der Waals surface area contributed by atoms with E-state index in [-0.39, 0.29) is 17.9 Å². The van der Waals surface area contributed by atoms with Crippen molar-refractivity contribution in [1.29, 1.82) is 0 Å². The standard InChI is InChI=1S/C14H16F3NO2/c1-13(3-2-4-18-13)9-7-11-12(20-6-5-19-11)8-10(9)14(15,16)17/h7-8,18H,2-6H2,1H3.